The lowest BCUT2D eigenvalue weighted by atomic mass is 10.1. The van der Waals surface area contributed by atoms with Gasteiger partial charge in [0.15, 0.2) is 0 Å². The number of nitrogens with zero attached hydrogens (tertiary/aromatic N) is 2. The molecule has 0 atom stereocenters. The highest BCUT2D eigenvalue weighted by Crippen LogP contribution is 2.15. The molecule has 102 valence electrons. The van der Waals surface area contributed by atoms with E-state index in [0.717, 1.165) is 44.5 Å². The van der Waals surface area contributed by atoms with E-state index in [2.05, 4.69) is 41.2 Å². The highest BCUT2D eigenvalue weighted by molar-refractivity contribution is 4.98. The van der Waals surface area contributed by atoms with Crippen LogP contribution in [0.15, 0.2) is 12.3 Å². The van der Waals surface area contributed by atoms with Crippen LogP contribution in [0.3, 0.4) is 0 Å². The summed E-state index contributed by atoms with van der Waals surface area (Å²) in [7, 11) is 0. The molecule has 4 heteroatoms. The minimum absolute atomic E-state index is 0.407. The van der Waals surface area contributed by atoms with Crippen LogP contribution in [0.2, 0.25) is 0 Å². The molecular formula is C14H25N3O. The minimum Gasteiger partial charge on any atom is -0.372 e. The van der Waals surface area contributed by atoms with Crippen molar-refractivity contribution >= 4 is 0 Å². The highest BCUT2D eigenvalue weighted by atomic mass is 16.5. The molecule has 0 saturated carbocycles. The van der Waals surface area contributed by atoms with Crippen LogP contribution in [0, 0.1) is 0 Å². The summed E-state index contributed by atoms with van der Waals surface area (Å²) in [6.45, 7) is 7.22. The molecule has 2 heterocycles. The first-order chi connectivity index (χ1) is 8.83. The number of aromatic nitrogens is 2. The van der Waals surface area contributed by atoms with Crippen LogP contribution < -0.4 is 5.32 Å². The van der Waals surface area contributed by atoms with E-state index in [-0.39, 0.29) is 0 Å². The Balaban J connectivity index is 1.82. The molecule has 0 amide bonds. The molecule has 0 unspecified atom stereocenters. The minimum atomic E-state index is 0.407. The summed E-state index contributed by atoms with van der Waals surface area (Å²) in [6, 6.07) is 2.61. The number of rotatable bonds is 6. The zero-order valence-corrected chi connectivity index (χ0v) is 11.6. The molecule has 1 fully saturated rings. The predicted molar refractivity (Wildman–Crippen MR) is 72.5 cm³/mol. The second-order valence-corrected chi connectivity index (χ2v) is 5.02. The first-order valence-corrected chi connectivity index (χ1v) is 7.19. The van der Waals surface area contributed by atoms with Gasteiger partial charge < -0.3 is 10.1 Å². The number of nitrogens with one attached hydrogen (secondary N) is 1. The summed E-state index contributed by atoms with van der Waals surface area (Å²) in [6.07, 6.45) is 6.99. The number of piperidine rings is 1. The number of hydrogen-bond donors (Lipinski definition) is 1. The smallest absolute Gasteiger partial charge is 0.0910 e. The molecule has 1 saturated heterocycles. The largest absolute Gasteiger partial charge is 0.372 e. The first kappa shape index (κ1) is 13.6. The Hall–Kier alpha value is -0.870. The molecule has 1 N–H and O–H groups in total. The van der Waals surface area contributed by atoms with Gasteiger partial charge in [0.1, 0.15) is 0 Å². The molecule has 18 heavy (non-hydrogen) atoms. The summed E-state index contributed by atoms with van der Waals surface area (Å²) in [5, 5.41) is 7.96. The summed E-state index contributed by atoms with van der Waals surface area (Å²) in [5.41, 5.74) is 1.06. The maximum Gasteiger partial charge on any atom is 0.0910 e. The Labute approximate surface area is 110 Å². The number of ether oxygens (including phenoxy) is 1. The predicted octanol–water partition coefficient (Wildman–Crippen LogP) is 2.51. The van der Waals surface area contributed by atoms with E-state index in [1.807, 2.05) is 0 Å². The topological polar surface area (TPSA) is 39.1 Å². The Morgan fingerprint density at radius 2 is 2.11 bits per heavy atom. The molecule has 4 nitrogen and oxygen atoms in total. The molecule has 0 radical (unpaired) electrons. The molecular weight excluding hydrogens is 226 g/mol. The van der Waals surface area contributed by atoms with E-state index in [1.165, 1.54) is 0 Å². The van der Waals surface area contributed by atoms with Crippen LogP contribution >= 0.6 is 0 Å². The average Bonchev–Trinajstić information content (AvgIpc) is 2.88. The molecule has 1 aromatic heterocycles. The summed E-state index contributed by atoms with van der Waals surface area (Å²) >= 11 is 0. The van der Waals surface area contributed by atoms with Crippen LogP contribution in [0.5, 0.6) is 0 Å². The zero-order chi connectivity index (χ0) is 12.8. The SMILES string of the molecule is CCC(CC)n1ccc(COC2CCNCC2)n1. The third kappa shape index (κ3) is 3.56. The standard InChI is InChI=1S/C14H25N3O/c1-3-13(4-2)17-10-7-12(16-17)11-18-14-5-8-15-9-6-14/h7,10,13-15H,3-6,8-9,11H2,1-2H3. The van der Waals surface area contributed by atoms with Crippen molar-refractivity contribution in [3.63, 3.8) is 0 Å². The van der Waals surface area contributed by atoms with Crippen molar-refractivity contribution in [1.29, 1.82) is 0 Å². The van der Waals surface area contributed by atoms with Crippen LogP contribution in [0.4, 0.5) is 0 Å². The van der Waals surface area contributed by atoms with E-state index >= 15 is 0 Å². The van der Waals surface area contributed by atoms with Gasteiger partial charge in [-0.2, -0.15) is 5.10 Å². The van der Waals surface area contributed by atoms with Crippen LogP contribution in [0.1, 0.15) is 51.3 Å². The summed E-state index contributed by atoms with van der Waals surface area (Å²) in [5.74, 6) is 0. The van der Waals surface area contributed by atoms with Gasteiger partial charge in [-0.25, -0.2) is 0 Å². The summed E-state index contributed by atoms with van der Waals surface area (Å²) < 4.78 is 8.00. The van der Waals surface area contributed by atoms with Crippen molar-refractivity contribution in [2.45, 2.75) is 58.3 Å². The van der Waals surface area contributed by atoms with E-state index in [4.69, 9.17) is 4.74 Å². The van der Waals surface area contributed by atoms with Crippen molar-refractivity contribution in [3.8, 4) is 0 Å². The van der Waals surface area contributed by atoms with E-state index in [0.29, 0.717) is 18.8 Å². The van der Waals surface area contributed by atoms with Crippen molar-refractivity contribution in [2.75, 3.05) is 13.1 Å². The van der Waals surface area contributed by atoms with Gasteiger partial charge in [-0.1, -0.05) is 13.8 Å². The third-order valence-electron chi connectivity index (χ3n) is 3.73. The van der Waals surface area contributed by atoms with Crippen molar-refractivity contribution in [2.24, 2.45) is 0 Å². The molecule has 1 aromatic rings. The first-order valence-electron chi connectivity index (χ1n) is 7.19. The third-order valence-corrected chi connectivity index (χ3v) is 3.73. The van der Waals surface area contributed by atoms with Gasteiger partial charge in [-0.05, 0) is 44.8 Å². The van der Waals surface area contributed by atoms with Gasteiger partial charge in [-0.3, -0.25) is 4.68 Å². The van der Waals surface area contributed by atoms with Crippen molar-refractivity contribution in [3.05, 3.63) is 18.0 Å². The van der Waals surface area contributed by atoms with Gasteiger partial charge in [0.05, 0.1) is 24.4 Å². The zero-order valence-electron chi connectivity index (χ0n) is 11.6. The van der Waals surface area contributed by atoms with Gasteiger partial charge >= 0.3 is 0 Å². The quantitative estimate of drug-likeness (QED) is 0.844. The Kier molecular flexibility index (Phi) is 5.20. The second kappa shape index (κ2) is 6.90. The lowest BCUT2D eigenvalue weighted by molar-refractivity contribution is 0.0192. The molecule has 1 aliphatic heterocycles. The maximum absolute atomic E-state index is 5.91. The van der Waals surface area contributed by atoms with Gasteiger partial charge in [-0.15, -0.1) is 0 Å². The van der Waals surface area contributed by atoms with Crippen LogP contribution in [-0.4, -0.2) is 29.0 Å². The van der Waals surface area contributed by atoms with E-state index < -0.39 is 0 Å². The lowest BCUT2D eigenvalue weighted by Gasteiger charge is -2.22. The lowest BCUT2D eigenvalue weighted by Crippen LogP contribution is -2.32. The average molecular weight is 251 g/mol. The fourth-order valence-electron chi connectivity index (χ4n) is 2.49. The Bertz CT molecular complexity index is 341. The van der Waals surface area contributed by atoms with Crippen molar-refractivity contribution in [1.82, 2.24) is 15.1 Å². The molecule has 2 rings (SSSR count). The molecule has 0 aliphatic carbocycles. The van der Waals surface area contributed by atoms with Crippen LogP contribution in [-0.2, 0) is 11.3 Å². The fraction of sp³-hybridized carbons (Fsp3) is 0.786. The monoisotopic (exact) mass is 251 g/mol. The normalized spacial score (nSPS) is 17.5. The Morgan fingerprint density at radius 1 is 1.39 bits per heavy atom. The molecule has 0 bridgehead atoms. The Morgan fingerprint density at radius 3 is 2.78 bits per heavy atom. The fourth-order valence-corrected chi connectivity index (χ4v) is 2.49. The van der Waals surface area contributed by atoms with Crippen LogP contribution in [0.25, 0.3) is 0 Å². The number of hydrogen-bond acceptors (Lipinski definition) is 3. The highest BCUT2D eigenvalue weighted by Gasteiger charge is 2.14. The van der Waals surface area contributed by atoms with Crippen molar-refractivity contribution < 1.29 is 4.74 Å². The van der Waals surface area contributed by atoms with Gasteiger partial charge in [0.25, 0.3) is 0 Å². The second-order valence-electron chi connectivity index (χ2n) is 5.02. The van der Waals surface area contributed by atoms with E-state index in [9.17, 15) is 0 Å². The molecule has 0 aromatic carbocycles. The van der Waals surface area contributed by atoms with Gasteiger partial charge in [0.2, 0.25) is 0 Å². The van der Waals surface area contributed by atoms with E-state index in [1.54, 1.807) is 0 Å². The van der Waals surface area contributed by atoms with Gasteiger partial charge in [0, 0.05) is 6.20 Å². The summed E-state index contributed by atoms with van der Waals surface area (Å²) in [4.78, 5) is 0. The molecule has 1 aliphatic rings. The molecule has 0 spiro atoms. The maximum atomic E-state index is 5.91.